The molecule has 0 aliphatic carbocycles. The van der Waals surface area contributed by atoms with E-state index >= 15 is 0 Å². The minimum Gasteiger partial charge on any atom is -0.464 e. The molecule has 0 fully saturated rings. The molecule has 0 radical (unpaired) electrons. The number of hydrogen-bond donors (Lipinski definition) is 6. The fourth-order valence-electron chi connectivity index (χ4n) is 7.49. The third kappa shape index (κ3) is 21.7. The van der Waals surface area contributed by atoms with Gasteiger partial charge in [-0.3, -0.25) is 19.1 Å². The van der Waals surface area contributed by atoms with E-state index in [1.807, 2.05) is 19.1 Å². The minimum absolute atomic E-state index is 0.00811. The number of nitrogens with one attached hydrogen (secondary N) is 4. The van der Waals surface area contributed by atoms with Crippen LogP contribution in [0.1, 0.15) is 139 Å². The fourth-order valence-corrected chi connectivity index (χ4v) is 8.13. The van der Waals surface area contributed by atoms with E-state index in [0.29, 0.717) is 29.1 Å². The highest BCUT2D eigenvalue weighted by Crippen LogP contribution is 2.33. The zero-order chi connectivity index (χ0) is 49.0. The Morgan fingerprint density at radius 1 is 0.882 bits per heavy atom. The topological polar surface area (TPSA) is 198 Å². The molecule has 374 valence electrons. The predicted octanol–water partition coefficient (Wildman–Crippen LogP) is 9.59. The molecule has 8 N–H and O–H groups in total. The second-order valence-electron chi connectivity index (χ2n) is 17.3. The zero-order valence-corrected chi connectivity index (χ0v) is 40.7. The molecule has 0 spiro atoms. The Bertz CT molecular complexity index is 2080. The second kappa shape index (κ2) is 30.9. The van der Waals surface area contributed by atoms with Gasteiger partial charge in [-0.2, -0.15) is 18.3 Å². The highest BCUT2D eigenvalue weighted by Gasteiger charge is 2.35. The number of aromatic amines is 1. The van der Waals surface area contributed by atoms with Crippen molar-refractivity contribution >= 4 is 29.7 Å². The number of esters is 1. The van der Waals surface area contributed by atoms with Crippen LogP contribution in [-0.4, -0.2) is 74.8 Å². The van der Waals surface area contributed by atoms with Crippen molar-refractivity contribution in [3.63, 3.8) is 0 Å². The highest BCUT2D eigenvalue weighted by molar-refractivity contribution is 7.97. The van der Waals surface area contributed by atoms with Crippen LogP contribution in [0.5, 0.6) is 0 Å². The number of ether oxygens (including phenoxy) is 1. The summed E-state index contributed by atoms with van der Waals surface area (Å²) in [5.41, 5.74) is 8.50. The number of aromatic nitrogens is 4. The lowest BCUT2D eigenvalue weighted by molar-refractivity contribution is -0.144. The van der Waals surface area contributed by atoms with Gasteiger partial charge in [0.05, 0.1) is 37.2 Å². The molecule has 68 heavy (non-hydrogen) atoms. The third-order valence-corrected chi connectivity index (χ3v) is 12.2. The SMILES string of the molecule is CCCCCCCCCCCCCCCCCCC(=O)NC(Cc1cnc[nH]1)C(=O)NC/C(N)=C/N(N)CCOC(=O)CCNSc1ccc(-n2nc(C(F)(F)F)cc2-c2ccc(C)cc2)cc1. The number of nitrogens with zero attached hydrogens (tertiary/aromatic N) is 4. The van der Waals surface area contributed by atoms with Crippen LogP contribution < -0.4 is 26.9 Å². The molecular formula is C50H73F3N10O4S. The number of imidazole rings is 1. The summed E-state index contributed by atoms with van der Waals surface area (Å²) < 4.78 is 50.4. The van der Waals surface area contributed by atoms with E-state index in [0.717, 1.165) is 35.8 Å². The summed E-state index contributed by atoms with van der Waals surface area (Å²) in [7, 11) is 0. The van der Waals surface area contributed by atoms with Gasteiger partial charge in [-0.25, -0.2) is 15.5 Å². The number of benzene rings is 2. The first kappa shape index (κ1) is 55.3. The van der Waals surface area contributed by atoms with Gasteiger partial charge in [0.15, 0.2) is 5.69 Å². The number of nitrogens with two attached hydrogens (primary N) is 2. The Balaban J connectivity index is 1.07. The van der Waals surface area contributed by atoms with Crippen LogP contribution in [0.4, 0.5) is 13.2 Å². The minimum atomic E-state index is -4.60. The predicted molar refractivity (Wildman–Crippen MR) is 263 cm³/mol. The number of hydrogen-bond acceptors (Lipinski definition) is 11. The lowest BCUT2D eigenvalue weighted by Crippen LogP contribution is -2.48. The normalized spacial score (nSPS) is 12.2. The van der Waals surface area contributed by atoms with Crippen molar-refractivity contribution < 1.29 is 32.3 Å². The first-order valence-corrected chi connectivity index (χ1v) is 25.1. The Hall–Kier alpha value is -5.33. The van der Waals surface area contributed by atoms with Crippen molar-refractivity contribution in [2.24, 2.45) is 11.6 Å². The molecule has 2 aromatic carbocycles. The summed E-state index contributed by atoms with van der Waals surface area (Å²) >= 11 is 1.26. The van der Waals surface area contributed by atoms with Crippen molar-refractivity contribution in [1.82, 2.24) is 40.1 Å². The van der Waals surface area contributed by atoms with Gasteiger partial charge in [0.2, 0.25) is 11.8 Å². The zero-order valence-electron chi connectivity index (χ0n) is 39.9. The summed E-state index contributed by atoms with van der Waals surface area (Å²) in [4.78, 5) is 46.3. The van der Waals surface area contributed by atoms with Crippen LogP contribution in [0.3, 0.4) is 0 Å². The number of aryl methyl sites for hydroxylation is 1. The van der Waals surface area contributed by atoms with E-state index < -0.39 is 29.8 Å². The molecule has 0 bridgehead atoms. The molecule has 0 aliphatic rings. The average Bonchev–Trinajstić information content (AvgIpc) is 4.01. The average molecular weight is 967 g/mol. The maximum Gasteiger partial charge on any atom is 0.435 e. The Morgan fingerprint density at radius 3 is 2.09 bits per heavy atom. The number of alkyl halides is 3. The van der Waals surface area contributed by atoms with Crippen LogP contribution in [0.2, 0.25) is 0 Å². The van der Waals surface area contributed by atoms with Crippen LogP contribution in [0.25, 0.3) is 16.9 Å². The number of H-pyrrole nitrogens is 1. The number of halogens is 3. The van der Waals surface area contributed by atoms with Gasteiger partial charge in [-0.05, 0) is 55.6 Å². The van der Waals surface area contributed by atoms with E-state index in [1.165, 1.54) is 118 Å². The summed E-state index contributed by atoms with van der Waals surface area (Å²) in [6, 6.07) is 14.3. The number of hydrazine groups is 1. The van der Waals surface area contributed by atoms with Gasteiger partial charge in [0, 0.05) is 53.6 Å². The Morgan fingerprint density at radius 2 is 1.50 bits per heavy atom. The van der Waals surface area contributed by atoms with E-state index in [4.69, 9.17) is 16.3 Å². The van der Waals surface area contributed by atoms with Gasteiger partial charge < -0.3 is 31.1 Å². The first-order chi connectivity index (χ1) is 32.8. The standard InChI is InChI=1S/C50H73F3N10O4S/c1-3-4-5-6-7-8-9-10-11-12-13-14-15-16-17-18-19-47(64)60-44(32-41-35-56-37-58-41)49(66)57-34-40(54)36-62(55)30-31-67-48(65)28-29-59-68-43-26-24-42(25-27-43)63-45(33-46(61-63)50(51,52)53)39-22-20-38(2)21-23-39/h20-27,33,35-37,44,59H,3-19,28-32,34,54-55H2,1-2H3,(H,56,58)(H,57,66)(H,60,64)/b40-36-. The number of carbonyl (C=O) groups excluding carboxylic acids is 3. The summed E-state index contributed by atoms with van der Waals surface area (Å²) in [6.07, 6.45) is 20.7. The van der Waals surface area contributed by atoms with Crippen molar-refractivity contribution in [2.75, 3.05) is 26.2 Å². The fraction of sp³-hybridized carbons (Fsp3) is 0.540. The molecule has 2 aromatic heterocycles. The van der Waals surface area contributed by atoms with E-state index in [2.05, 4.69) is 37.3 Å². The van der Waals surface area contributed by atoms with E-state index in [9.17, 15) is 27.6 Å². The van der Waals surface area contributed by atoms with Crippen LogP contribution in [0.15, 0.2) is 83.9 Å². The molecule has 1 unspecified atom stereocenters. The molecule has 0 saturated carbocycles. The molecule has 1 atom stereocenters. The smallest absolute Gasteiger partial charge is 0.435 e. The third-order valence-electron chi connectivity index (χ3n) is 11.3. The van der Waals surface area contributed by atoms with Crippen LogP contribution in [-0.2, 0) is 31.7 Å². The summed E-state index contributed by atoms with van der Waals surface area (Å²) in [5.74, 6) is 5.01. The maximum atomic E-state index is 13.6. The van der Waals surface area contributed by atoms with Gasteiger partial charge in [0.1, 0.15) is 12.6 Å². The lowest BCUT2D eigenvalue weighted by Gasteiger charge is -2.19. The maximum absolute atomic E-state index is 13.6. The molecule has 4 aromatic rings. The molecule has 2 amide bonds. The molecule has 4 rings (SSSR count). The number of rotatable bonds is 34. The molecule has 0 aliphatic heterocycles. The molecule has 18 heteroatoms. The Labute approximate surface area is 404 Å². The number of unbranched alkanes of at least 4 members (excludes halogenated alkanes) is 15. The van der Waals surface area contributed by atoms with Crippen LogP contribution in [0, 0.1) is 6.92 Å². The van der Waals surface area contributed by atoms with Gasteiger partial charge in [0.25, 0.3) is 0 Å². The molecule has 0 saturated heterocycles. The summed E-state index contributed by atoms with van der Waals surface area (Å²) in [6.45, 7) is 4.56. The van der Waals surface area contributed by atoms with Gasteiger partial charge in [-0.15, -0.1) is 0 Å². The quantitative estimate of drug-likeness (QED) is 0.00857. The highest BCUT2D eigenvalue weighted by atomic mass is 32.2. The van der Waals surface area contributed by atoms with Gasteiger partial charge in [-0.1, -0.05) is 133 Å². The van der Waals surface area contributed by atoms with Crippen molar-refractivity contribution in [3.8, 4) is 16.9 Å². The summed E-state index contributed by atoms with van der Waals surface area (Å²) in [5, 5.41) is 10.8. The van der Waals surface area contributed by atoms with Crippen molar-refractivity contribution in [1.29, 1.82) is 0 Å². The van der Waals surface area contributed by atoms with E-state index in [1.54, 1.807) is 42.6 Å². The van der Waals surface area contributed by atoms with Gasteiger partial charge >= 0.3 is 12.1 Å². The molecule has 2 heterocycles. The van der Waals surface area contributed by atoms with Crippen LogP contribution >= 0.6 is 11.9 Å². The lowest BCUT2D eigenvalue weighted by atomic mass is 10.0. The largest absolute Gasteiger partial charge is 0.464 e. The number of amides is 2. The Kier molecular flexibility index (Phi) is 25.1. The van der Waals surface area contributed by atoms with Crippen molar-refractivity contribution in [3.05, 3.63) is 96.0 Å². The molecular weight excluding hydrogens is 894 g/mol. The second-order valence-corrected chi connectivity index (χ2v) is 18.2. The first-order valence-electron chi connectivity index (χ1n) is 24.2. The van der Waals surface area contributed by atoms with E-state index in [-0.39, 0.29) is 50.7 Å². The van der Waals surface area contributed by atoms with Crippen molar-refractivity contribution in [2.45, 2.75) is 153 Å². The number of carbonyl (C=O) groups is 3. The monoisotopic (exact) mass is 967 g/mol. The molecule has 14 nitrogen and oxygen atoms in total.